The Kier molecular flexibility index (Phi) is 4.77. The maximum absolute atomic E-state index is 13.9. The lowest BCUT2D eigenvalue weighted by Gasteiger charge is -2.22. The van der Waals surface area contributed by atoms with Crippen LogP contribution in [0, 0.1) is 5.82 Å². The van der Waals surface area contributed by atoms with Crippen LogP contribution in [0.4, 0.5) is 4.39 Å². The smallest absolute Gasteiger partial charge is 0.273 e. The Balaban J connectivity index is 2.14. The highest BCUT2D eigenvalue weighted by Crippen LogP contribution is 2.20. The largest absolute Gasteiger partial charge is 0.377 e. The van der Waals surface area contributed by atoms with E-state index in [1.165, 1.54) is 18.3 Å². The third kappa shape index (κ3) is 3.61. The van der Waals surface area contributed by atoms with Gasteiger partial charge < -0.3 is 10.1 Å². The highest BCUT2D eigenvalue weighted by molar-refractivity contribution is 6.30. The second-order valence-corrected chi connectivity index (χ2v) is 5.67. The Morgan fingerprint density at radius 3 is 2.91 bits per heavy atom. The third-order valence-corrected chi connectivity index (χ3v) is 3.42. The molecule has 22 heavy (non-hydrogen) atoms. The molecule has 8 heteroatoms. The first-order valence-electron chi connectivity index (χ1n) is 6.54. The summed E-state index contributed by atoms with van der Waals surface area (Å²) in [6.07, 6.45) is 1.34. The molecule has 1 N–H and O–H groups in total. The minimum atomic E-state index is -0.624. The molecule has 0 fully saturated rings. The van der Waals surface area contributed by atoms with Crippen LogP contribution in [0.15, 0.2) is 24.4 Å². The van der Waals surface area contributed by atoms with E-state index < -0.39 is 17.3 Å². The second kappa shape index (κ2) is 6.41. The van der Waals surface area contributed by atoms with Gasteiger partial charge in [0.05, 0.1) is 16.8 Å². The topological polar surface area (TPSA) is 69.0 Å². The van der Waals surface area contributed by atoms with Crippen molar-refractivity contribution in [2.24, 2.45) is 0 Å². The number of carbonyl (C=O) groups is 1. The van der Waals surface area contributed by atoms with E-state index in [2.05, 4.69) is 15.6 Å². The number of halogens is 2. The van der Waals surface area contributed by atoms with Gasteiger partial charge in [-0.15, -0.1) is 5.10 Å². The van der Waals surface area contributed by atoms with Crippen molar-refractivity contribution in [1.29, 1.82) is 0 Å². The van der Waals surface area contributed by atoms with Crippen LogP contribution in [-0.4, -0.2) is 40.2 Å². The van der Waals surface area contributed by atoms with Crippen molar-refractivity contribution in [1.82, 2.24) is 20.3 Å². The first-order valence-corrected chi connectivity index (χ1v) is 6.92. The summed E-state index contributed by atoms with van der Waals surface area (Å²) in [5, 5.41) is 10.1. The van der Waals surface area contributed by atoms with Gasteiger partial charge in [0.15, 0.2) is 11.5 Å². The van der Waals surface area contributed by atoms with Crippen LogP contribution >= 0.6 is 11.6 Å². The van der Waals surface area contributed by atoms with Gasteiger partial charge in [-0.3, -0.25) is 4.79 Å². The highest BCUT2D eigenvalue weighted by atomic mass is 35.5. The van der Waals surface area contributed by atoms with Crippen LogP contribution in [0.5, 0.6) is 0 Å². The van der Waals surface area contributed by atoms with Crippen LogP contribution < -0.4 is 5.32 Å². The molecule has 0 atom stereocenters. The maximum atomic E-state index is 13.9. The molecule has 0 aliphatic heterocycles. The fourth-order valence-corrected chi connectivity index (χ4v) is 1.78. The number of hydrogen-bond donors (Lipinski definition) is 1. The van der Waals surface area contributed by atoms with Gasteiger partial charge in [0.25, 0.3) is 5.91 Å². The lowest BCUT2D eigenvalue weighted by molar-refractivity contribution is 0.0228. The van der Waals surface area contributed by atoms with E-state index in [-0.39, 0.29) is 16.4 Å². The first kappa shape index (κ1) is 16.4. The molecule has 2 aromatic rings. The van der Waals surface area contributed by atoms with E-state index in [0.717, 1.165) is 4.68 Å². The number of nitrogens with zero attached hydrogens (tertiary/aromatic N) is 3. The Morgan fingerprint density at radius 2 is 2.23 bits per heavy atom. The zero-order chi connectivity index (χ0) is 16.3. The minimum Gasteiger partial charge on any atom is -0.377 e. The molecule has 2 rings (SSSR count). The molecule has 6 nitrogen and oxygen atoms in total. The van der Waals surface area contributed by atoms with Gasteiger partial charge in [-0.1, -0.05) is 22.9 Å². The maximum Gasteiger partial charge on any atom is 0.273 e. The summed E-state index contributed by atoms with van der Waals surface area (Å²) in [4.78, 5) is 12.0. The molecule has 1 amide bonds. The van der Waals surface area contributed by atoms with Crippen molar-refractivity contribution < 1.29 is 13.9 Å². The Bertz CT molecular complexity index is 687. The SMILES string of the molecule is COC(C)(C)CNC(=O)c1cn(-c2cccc(Cl)c2F)nn1. The Hall–Kier alpha value is -1.99. The van der Waals surface area contributed by atoms with Crippen molar-refractivity contribution in [3.8, 4) is 5.69 Å². The molecule has 118 valence electrons. The van der Waals surface area contributed by atoms with Gasteiger partial charge in [0.2, 0.25) is 0 Å². The molecule has 0 spiro atoms. The third-order valence-electron chi connectivity index (χ3n) is 3.13. The van der Waals surface area contributed by atoms with E-state index in [9.17, 15) is 9.18 Å². The van der Waals surface area contributed by atoms with Gasteiger partial charge in [-0.25, -0.2) is 9.07 Å². The highest BCUT2D eigenvalue weighted by Gasteiger charge is 2.20. The monoisotopic (exact) mass is 326 g/mol. The standard InChI is InChI=1S/C14H16ClFN4O2/c1-14(2,22-3)8-17-13(21)10-7-20(19-18-10)11-6-4-5-9(15)12(11)16/h4-7H,8H2,1-3H3,(H,17,21). The number of hydrogen-bond acceptors (Lipinski definition) is 4. The summed E-state index contributed by atoms with van der Waals surface area (Å²) in [7, 11) is 1.56. The van der Waals surface area contributed by atoms with Gasteiger partial charge in [-0.05, 0) is 26.0 Å². The van der Waals surface area contributed by atoms with E-state index in [1.807, 2.05) is 13.8 Å². The summed E-state index contributed by atoms with van der Waals surface area (Å²) in [5.41, 5.74) is -0.299. The zero-order valence-electron chi connectivity index (χ0n) is 12.4. The van der Waals surface area contributed by atoms with Crippen LogP contribution in [0.25, 0.3) is 5.69 Å². The molecule has 1 aromatic heterocycles. The second-order valence-electron chi connectivity index (χ2n) is 5.27. The average Bonchev–Trinajstić information content (AvgIpc) is 2.97. The molecule has 0 saturated heterocycles. The van der Waals surface area contributed by atoms with Crippen LogP contribution in [-0.2, 0) is 4.74 Å². The lowest BCUT2D eigenvalue weighted by atomic mass is 10.1. The predicted octanol–water partition coefficient (Wildman–Crippen LogP) is 2.21. The number of nitrogens with one attached hydrogen (secondary N) is 1. The fraction of sp³-hybridized carbons (Fsp3) is 0.357. The molecular formula is C14H16ClFN4O2. The van der Waals surface area contributed by atoms with Crippen molar-refractivity contribution in [2.45, 2.75) is 19.4 Å². The fourth-order valence-electron chi connectivity index (χ4n) is 1.61. The molecular weight excluding hydrogens is 311 g/mol. The quantitative estimate of drug-likeness (QED) is 0.914. The molecule has 1 aromatic carbocycles. The summed E-state index contributed by atoms with van der Waals surface area (Å²) < 4.78 is 20.3. The van der Waals surface area contributed by atoms with E-state index in [0.29, 0.717) is 6.54 Å². The first-order chi connectivity index (χ1) is 10.3. The minimum absolute atomic E-state index is 0.0270. The number of amides is 1. The van der Waals surface area contributed by atoms with Gasteiger partial charge in [0.1, 0.15) is 5.69 Å². The van der Waals surface area contributed by atoms with Gasteiger partial charge in [0, 0.05) is 13.7 Å². The van der Waals surface area contributed by atoms with Gasteiger partial charge in [-0.2, -0.15) is 0 Å². The number of benzene rings is 1. The molecule has 0 unspecified atom stereocenters. The van der Waals surface area contributed by atoms with E-state index in [4.69, 9.17) is 16.3 Å². The Morgan fingerprint density at radius 1 is 1.50 bits per heavy atom. The van der Waals surface area contributed by atoms with Crippen molar-refractivity contribution in [3.05, 3.63) is 40.9 Å². The molecule has 0 aliphatic rings. The zero-order valence-corrected chi connectivity index (χ0v) is 13.2. The lowest BCUT2D eigenvalue weighted by Crippen LogP contribution is -2.39. The normalized spacial score (nSPS) is 11.5. The summed E-state index contributed by atoms with van der Waals surface area (Å²) in [6.45, 7) is 3.98. The number of methoxy groups -OCH3 is 1. The predicted molar refractivity (Wildman–Crippen MR) is 79.7 cm³/mol. The van der Waals surface area contributed by atoms with Crippen molar-refractivity contribution in [2.75, 3.05) is 13.7 Å². The number of ether oxygens (including phenoxy) is 1. The number of aromatic nitrogens is 3. The van der Waals surface area contributed by atoms with E-state index >= 15 is 0 Å². The molecule has 0 saturated carbocycles. The molecule has 0 bridgehead atoms. The molecule has 1 heterocycles. The number of rotatable bonds is 5. The Labute approximate surface area is 132 Å². The number of carbonyl (C=O) groups excluding carboxylic acids is 1. The van der Waals surface area contributed by atoms with Crippen LogP contribution in [0.3, 0.4) is 0 Å². The summed E-state index contributed by atoms with van der Waals surface area (Å²) in [5.74, 6) is -1.04. The van der Waals surface area contributed by atoms with E-state index in [1.54, 1.807) is 13.2 Å². The average molecular weight is 327 g/mol. The summed E-state index contributed by atoms with van der Waals surface area (Å²) >= 11 is 5.72. The van der Waals surface area contributed by atoms with Crippen molar-refractivity contribution >= 4 is 17.5 Å². The van der Waals surface area contributed by atoms with Gasteiger partial charge >= 0.3 is 0 Å². The van der Waals surface area contributed by atoms with Crippen LogP contribution in [0.2, 0.25) is 5.02 Å². The molecule has 0 radical (unpaired) electrons. The van der Waals surface area contributed by atoms with Crippen molar-refractivity contribution in [3.63, 3.8) is 0 Å². The molecule has 0 aliphatic carbocycles. The van der Waals surface area contributed by atoms with Crippen LogP contribution in [0.1, 0.15) is 24.3 Å². The summed E-state index contributed by atoms with van der Waals surface area (Å²) in [6, 6.07) is 4.51.